The minimum atomic E-state index is 0.174. The van der Waals surface area contributed by atoms with E-state index < -0.39 is 0 Å². The second-order valence-electron chi connectivity index (χ2n) is 2.38. The summed E-state index contributed by atoms with van der Waals surface area (Å²) in [7, 11) is 1.64. The van der Waals surface area contributed by atoms with Gasteiger partial charge < -0.3 is 9.47 Å². The van der Waals surface area contributed by atoms with Gasteiger partial charge in [0, 0.05) is 0 Å². The van der Waals surface area contributed by atoms with E-state index in [2.05, 4.69) is 0 Å². The van der Waals surface area contributed by atoms with Crippen LogP contribution in [0, 0.1) is 6.92 Å². The summed E-state index contributed by atoms with van der Waals surface area (Å²) in [5.74, 6) is 1.63. The highest BCUT2D eigenvalue weighted by atomic mass is 35.5. The summed E-state index contributed by atoms with van der Waals surface area (Å²) < 4.78 is 10.2. The maximum atomic E-state index is 5.43. The molecule has 2 nitrogen and oxygen atoms in total. The molecule has 0 bridgehead atoms. The van der Waals surface area contributed by atoms with Gasteiger partial charge in [-0.2, -0.15) is 0 Å². The number of rotatable bonds is 3. The topological polar surface area (TPSA) is 18.5 Å². The van der Waals surface area contributed by atoms with Crippen LogP contribution in [0.1, 0.15) is 5.56 Å². The highest BCUT2D eigenvalue weighted by molar-refractivity contribution is 6.17. The predicted molar refractivity (Wildman–Crippen MR) is 49.1 cm³/mol. The molecule has 0 aliphatic rings. The minimum absolute atomic E-state index is 0.174. The van der Waals surface area contributed by atoms with Crippen molar-refractivity contribution >= 4 is 11.6 Å². The lowest BCUT2D eigenvalue weighted by Crippen LogP contribution is -1.92. The molecule has 0 fully saturated rings. The van der Waals surface area contributed by atoms with E-state index in [1.807, 2.05) is 25.1 Å². The number of aryl methyl sites for hydroxylation is 1. The molecule has 0 spiro atoms. The molecule has 1 rings (SSSR count). The van der Waals surface area contributed by atoms with Crippen LogP contribution in [0.4, 0.5) is 0 Å². The first-order valence-corrected chi connectivity index (χ1v) is 4.14. The van der Waals surface area contributed by atoms with Crippen molar-refractivity contribution in [3.8, 4) is 11.5 Å². The van der Waals surface area contributed by atoms with Crippen LogP contribution in [0.3, 0.4) is 0 Å². The number of halogens is 1. The number of alkyl halides is 1. The van der Waals surface area contributed by atoms with Gasteiger partial charge in [0.1, 0.15) is 11.5 Å². The van der Waals surface area contributed by atoms with Crippen molar-refractivity contribution in [2.45, 2.75) is 6.92 Å². The highest BCUT2D eigenvalue weighted by Gasteiger charge is 1.99. The van der Waals surface area contributed by atoms with Crippen LogP contribution >= 0.6 is 11.6 Å². The van der Waals surface area contributed by atoms with Crippen LogP contribution in [-0.2, 0) is 0 Å². The van der Waals surface area contributed by atoms with E-state index in [-0.39, 0.29) is 6.07 Å². The van der Waals surface area contributed by atoms with Gasteiger partial charge in [0.2, 0.25) is 0 Å². The van der Waals surface area contributed by atoms with Crippen LogP contribution in [0.5, 0.6) is 11.5 Å². The Morgan fingerprint density at radius 1 is 1.42 bits per heavy atom. The molecule has 0 N–H and O–H groups in total. The second-order valence-corrected chi connectivity index (χ2v) is 2.60. The van der Waals surface area contributed by atoms with Gasteiger partial charge in [-0.1, -0.05) is 11.6 Å². The first kappa shape index (κ1) is 9.20. The Labute approximate surface area is 77.1 Å². The smallest absolute Gasteiger partial charge is 0.162 e. The Hall–Kier alpha value is -0.890. The number of hydrogen-bond acceptors (Lipinski definition) is 2. The Morgan fingerprint density at radius 2 is 2.17 bits per heavy atom. The van der Waals surface area contributed by atoms with E-state index in [0.29, 0.717) is 0 Å². The van der Waals surface area contributed by atoms with Crippen LogP contribution < -0.4 is 9.47 Å². The third-order valence-electron chi connectivity index (χ3n) is 1.59. The molecule has 0 aromatic heterocycles. The van der Waals surface area contributed by atoms with E-state index in [0.717, 1.165) is 17.1 Å². The predicted octanol–water partition coefficient (Wildman–Crippen LogP) is 2.58. The molecule has 12 heavy (non-hydrogen) atoms. The van der Waals surface area contributed by atoms with E-state index in [1.165, 1.54) is 0 Å². The van der Waals surface area contributed by atoms with Crippen molar-refractivity contribution in [2.75, 3.05) is 13.2 Å². The van der Waals surface area contributed by atoms with Crippen molar-refractivity contribution < 1.29 is 9.47 Å². The van der Waals surface area contributed by atoms with E-state index in [1.54, 1.807) is 7.11 Å². The SMILES string of the molecule is COc1ccc(OCCl)c(C)c1. The van der Waals surface area contributed by atoms with E-state index in [4.69, 9.17) is 21.1 Å². The number of ether oxygens (including phenoxy) is 2. The zero-order chi connectivity index (χ0) is 8.97. The fraction of sp³-hybridized carbons (Fsp3) is 0.333. The molecule has 66 valence electrons. The summed E-state index contributed by atoms with van der Waals surface area (Å²) in [4.78, 5) is 0. The molecule has 3 heteroatoms. The summed E-state index contributed by atoms with van der Waals surface area (Å²) in [6.45, 7) is 1.95. The molecule has 0 amide bonds. The van der Waals surface area contributed by atoms with Gasteiger partial charge in [-0.3, -0.25) is 0 Å². The molecule has 0 radical (unpaired) electrons. The fourth-order valence-electron chi connectivity index (χ4n) is 0.970. The van der Waals surface area contributed by atoms with Crippen LogP contribution in [-0.4, -0.2) is 13.2 Å². The number of hydrogen-bond donors (Lipinski definition) is 0. The zero-order valence-electron chi connectivity index (χ0n) is 7.13. The summed E-state index contributed by atoms with van der Waals surface area (Å²) >= 11 is 5.43. The van der Waals surface area contributed by atoms with Crippen LogP contribution in [0.2, 0.25) is 0 Å². The van der Waals surface area contributed by atoms with Gasteiger partial charge in [-0.05, 0) is 30.7 Å². The van der Waals surface area contributed by atoms with Gasteiger partial charge in [0.15, 0.2) is 6.07 Å². The summed E-state index contributed by atoms with van der Waals surface area (Å²) in [6.07, 6.45) is 0. The molecule has 0 aliphatic heterocycles. The summed E-state index contributed by atoms with van der Waals surface area (Å²) in [5, 5.41) is 0. The molecular formula is C9H11ClO2. The molecule has 0 aliphatic carbocycles. The lowest BCUT2D eigenvalue weighted by molar-refractivity contribution is 0.381. The Bertz CT molecular complexity index is 261. The van der Waals surface area contributed by atoms with Gasteiger partial charge in [0.25, 0.3) is 0 Å². The van der Waals surface area contributed by atoms with Gasteiger partial charge in [0.05, 0.1) is 7.11 Å². The van der Waals surface area contributed by atoms with E-state index >= 15 is 0 Å². The van der Waals surface area contributed by atoms with E-state index in [9.17, 15) is 0 Å². The average molecular weight is 187 g/mol. The first-order valence-electron chi connectivity index (χ1n) is 3.61. The minimum Gasteiger partial charge on any atom is -0.497 e. The Balaban J connectivity index is 2.87. The molecule has 0 unspecified atom stereocenters. The van der Waals surface area contributed by atoms with Gasteiger partial charge >= 0.3 is 0 Å². The van der Waals surface area contributed by atoms with Crippen LogP contribution in [0.25, 0.3) is 0 Å². The molecule has 0 saturated heterocycles. The quantitative estimate of drug-likeness (QED) is 0.676. The van der Waals surface area contributed by atoms with Crippen LogP contribution in [0.15, 0.2) is 18.2 Å². The molecule has 0 saturated carbocycles. The lowest BCUT2D eigenvalue weighted by atomic mass is 10.2. The second kappa shape index (κ2) is 4.21. The fourth-order valence-corrected chi connectivity index (χ4v) is 1.09. The number of benzene rings is 1. The first-order chi connectivity index (χ1) is 5.77. The van der Waals surface area contributed by atoms with Crippen molar-refractivity contribution in [3.05, 3.63) is 23.8 Å². The maximum absolute atomic E-state index is 5.43. The number of methoxy groups -OCH3 is 1. The third-order valence-corrected chi connectivity index (χ3v) is 1.70. The van der Waals surface area contributed by atoms with Crippen molar-refractivity contribution in [1.29, 1.82) is 0 Å². The molecule has 1 aromatic carbocycles. The van der Waals surface area contributed by atoms with Crippen molar-refractivity contribution in [1.82, 2.24) is 0 Å². The van der Waals surface area contributed by atoms with Crippen molar-refractivity contribution in [2.24, 2.45) is 0 Å². The molecule has 0 heterocycles. The summed E-state index contributed by atoms with van der Waals surface area (Å²) in [5.41, 5.74) is 1.02. The standard InChI is InChI=1S/C9H11ClO2/c1-7-5-8(11-2)3-4-9(7)12-6-10/h3-5H,6H2,1-2H3. The lowest BCUT2D eigenvalue weighted by Gasteiger charge is -2.07. The normalized spacial score (nSPS) is 9.58. The molecule has 1 aromatic rings. The maximum Gasteiger partial charge on any atom is 0.162 e. The highest BCUT2D eigenvalue weighted by Crippen LogP contribution is 2.22. The average Bonchev–Trinajstić information content (AvgIpc) is 2.09. The summed E-state index contributed by atoms with van der Waals surface area (Å²) in [6, 6.07) is 5.76. The largest absolute Gasteiger partial charge is 0.497 e. The molecule has 0 atom stereocenters. The molecular weight excluding hydrogens is 176 g/mol. The van der Waals surface area contributed by atoms with Gasteiger partial charge in [-0.15, -0.1) is 0 Å². The Kier molecular flexibility index (Phi) is 3.23. The Morgan fingerprint density at radius 3 is 2.67 bits per heavy atom. The zero-order valence-corrected chi connectivity index (χ0v) is 7.89. The van der Waals surface area contributed by atoms with Crippen molar-refractivity contribution in [3.63, 3.8) is 0 Å². The monoisotopic (exact) mass is 186 g/mol. The van der Waals surface area contributed by atoms with Gasteiger partial charge in [-0.25, -0.2) is 0 Å². The third kappa shape index (κ3) is 2.05.